The maximum absolute atomic E-state index is 13.0. The van der Waals surface area contributed by atoms with E-state index >= 15 is 0 Å². The maximum Gasteiger partial charge on any atom is 0.228 e. The van der Waals surface area contributed by atoms with Crippen molar-refractivity contribution in [2.24, 2.45) is 5.92 Å². The molecule has 0 radical (unpaired) electrons. The zero-order chi connectivity index (χ0) is 19.5. The van der Waals surface area contributed by atoms with Crippen LogP contribution in [0, 0.1) is 12.8 Å². The van der Waals surface area contributed by atoms with Crippen LogP contribution in [0.5, 0.6) is 0 Å². The third-order valence-electron chi connectivity index (χ3n) is 5.75. The summed E-state index contributed by atoms with van der Waals surface area (Å²) in [5, 5.41) is 0. The first-order valence-electron chi connectivity index (χ1n) is 10.0. The van der Waals surface area contributed by atoms with E-state index in [0.29, 0.717) is 13.0 Å². The molecule has 2 saturated heterocycles. The predicted molar refractivity (Wildman–Crippen MR) is 110 cm³/mol. The number of amides is 2. The molecule has 2 aromatic carbocycles. The van der Waals surface area contributed by atoms with Crippen LogP contribution < -0.4 is 4.90 Å². The maximum atomic E-state index is 13.0. The van der Waals surface area contributed by atoms with Crippen molar-refractivity contribution in [3.8, 4) is 0 Å². The Hall–Kier alpha value is -2.66. The molecule has 2 aliphatic heterocycles. The van der Waals surface area contributed by atoms with E-state index in [9.17, 15) is 9.59 Å². The molecule has 2 heterocycles. The molecule has 28 heavy (non-hydrogen) atoms. The van der Waals surface area contributed by atoms with Gasteiger partial charge in [0.25, 0.3) is 0 Å². The highest BCUT2D eigenvalue weighted by molar-refractivity contribution is 6.00. The van der Waals surface area contributed by atoms with Crippen LogP contribution in [-0.4, -0.2) is 54.3 Å². The van der Waals surface area contributed by atoms with E-state index in [1.54, 1.807) is 4.90 Å². The van der Waals surface area contributed by atoms with Crippen LogP contribution in [0.15, 0.2) is 54.6 Å². The number of carbonyl (C=O) groups is 2. The molecule has 146 valence electrons. The molecule has 5 nitrogen and oxygen atoms in total. The van der Waals surface area contributed by atoms with Crippen molar-refractivity contribution in [3.63, 3.8) is 0 Å². The van der Waals surface area contributed by atoms with E-state index in [1.807, 2.05) is 35.2 Å². The summed E-state index contributed by atoms with van der Waals surface area (Å²) in [6, 6.07) is 18.3. The fourth-order valence-corrected chi connectivity index (χ4v) is 4.07. The first-order valence-corrected chi connectivity index (χ1v) is 10.0. The lowest BCUT2D eigenvalue weighted by Crippen LogP contribution is -2.50. The van der Waals surface area contributed by atoms with Crippen molar-refractivity contribution < 1.29 is 9.59 Å². The average Bonchev–Trinajstić information content (AvgIpc) is 3.12. The normalized spacial score (nSPS) is 20.6. The van der Waals surface area contributed by atoms with Gasteiger partial charge in [0.15, 0.2) is 0 Å². The van der Waals surface area contributed by atoms with Crippen LogP contribution in [0.25, 0.3) is 0 Å². The molecule has 2 aliphatic rings. The Morgan fingerprint density at radius 3 is 2.32 bits per heavy atom. The number of aryl methyl sites for hydroxylation is 1. The van der Waals surface area contributed by atoms with Crippen molar-refractivity contribution in [2.45, 2.75) is 19.9 Å². The molecule has 0 aliphatic carbocycles. The highest BCUT2D eigenvalue weighted by Gasteiger charge is 2.37. The Morgan fingerprint density at radius 1 is 0.964 bits per heavy atom. The molecule has 0 saturated carbocycles. The molecule has 2 aromatic rings. The first kappa shape index (κ1) is 18.7. The SMILES string of the molecule is Cc1ccc(CN2CCN(C(=O)C3CC(=O)N(c4ccccc4)C3)CC2)cc1. The minimum atomic E-state index is -0.226. The van der Waals surface area contributed by atoms with Gasteiger partial charge in [-0.2, -0.15) is 0 Å². The Labute approximate surface area is 166 Å². The van der Waals surface area contributed by atoms with Crippen LogP contribution in [0.1, 0.15) is 17.5 Å². The number of nitrogens with zero attached hydrogens (tertiary/aromatic N) is 3. The largest absolute Gasteiger partial charge is 0.340 e. The molecular formula is C23H27N3O2. The summed E-state index contributed by atoms with van der Waals surface area (Å²) < 4.78 is 0. The molecule has 0 aromatic heterocycles. The molecule has 4 rings (SSSR count). The van der Waals surface area contributed by atoms with Crippen molar-refractivity contribution in [2.75, 3.05) is 37.6 Å². The molecule has 0 N–H and O–H groups in total. The van der Waals surface area contributed by atoms with Gasteiger partial charge in [-0.05, 0) is 24.6 Å². The Bertz CT molecular complexity index is 827. The Kier molecular flexibility index (Phi) is 5.44. The lowest BCUT2D eigenvalue weighted by Gasteiger charge is -2.36. The number of carbonyl (C=O) groups excluding carboxylic acids is 2. The van der Waals surface area contributed by atoms with Crippen molar-refractivity contribution in [1.29, 1.82) is 0 Å². The number of para-hydroxylation sites is 1. The topological polar surface area (TPSA) is 43.9 Å². The lowest BCUT2D eigenvalue weighted by atomic mass is 10.1. The second-order valence-corrected chi connectivity index (χ2v) is 7.83. The van der Waals surface area contributed by atoms with Crippen LogP contribution in [-0.2, 0) is 16.1 Å². The zero-order valence-electron chi connectivity index (χ0n) is 16.4. The molecule has 2 fully saturated rings. The van der Waals surface area contributed by atoms with E-state index < -0.39 is 0 Å². The summed E-state index contributed by atoms with van der Waals surface area (Å²) in [6.07, 6.45) is 0.317. The van der Waals surface area contributed by atoms with Gasteiger partial charge in [0.05, 0.1) is 5.92 Å². The van der Waals surface area contributed by atoms with Gasteiger partial charge < -0.3 is 9.80 Å². The van der Waals surface area contributed by atoms with Crippen molar-refractivity contribution in [1.82, 2.24) is 9.80 Å². The van der Waals surface area contributed by atoms with Crippen molar-refractivity contribution in [3.05, 3.63) is 65.7 Å². The van der Waals surface area contributed by atoms with E-state index in [-0.39, 0.29) is 17.7 Å². The molecule has 1 unspecified atom stereocenters. The van der Waals surface area contributed by atoms with Gasteiger partial charge in [0.2, 0.25) is 11.8 Å². The molecule has 1 atom stereocenters. The smallest absolute Gasteiger partial charge is 0.228 e. The van der Waals surface area contributed by atoms with E-state index in [0.717, 1.165) is 38.4 Å². The van der Waals surface area contributed by atoms with E-state index in [4.69, 9.17) is 0 Å². The van der Waals surface area contributed by atoms with Gasteiger partial charge in [-0.3, -0.25) is 14.5 Å². The van der Waals surface area contributed by atoms with Crippen LogP contribution in [0.2, 0.25) is 0 Å². The fraction of sp³-hybridized carbons (Fsp3) is 0.391. The van der Waals surface area contributed by atoms with Crippen molar-refractivity contribution >= 4 is 17.5 Å². The monoisotopic (exact) mass is 377 g/mol. The average molecular weight is 377 g/mol. The predicted octanol–water partition coefficient (Wildman–Crippen LogP) is 2.69. The van der Waals surface area contributed by atoms with E-state index in [1.165, 1.54) is 11.1 Å². The van der Waals surface area contributed by atoms with Gasteiger partial charge in [-0.15, -0.1) is 0 Å². The second kappa shape index (κ2) is 8.15. The molecule has 0 bridgehead atoms. The van der Waals surface area contributed by atoms with Gasteiger partial charge >= 0.3 is 0 Å². The number of rotatable bonds is 4. The summed E-state index contributed by atoms with van der Waals surface area (Å²) in [5.74, 6) is -0.0549. The van der Waals surface area contributed by atoms with Gasteiger partial charge in [0, 0.05) is 51.4 Å². The standard InChI is InChI=1S/C23H27N3O2/c1-18-7-9-19(10-8-18)16-24-11-13-25(14-12-24)23(28)20-15-22(27)26(17-20)21-5-3-2-4-6-21/h2-10,20H,11-17H2,1H3. The van der Waals surface area contributed by atoms with Gasteiger partial charge in [-0.1, -0.05) is 48.0 Å². The second-order valence-electron chi connectivity index (χ2n) is 7.83. The molecular weight excluding hydrogens is 350 g/mol. The highest BCUT2D eigenvalue weighted by Crippen LogP contribution is 2.26. The highest BCUT2D eigenvalue weighted by atomic mass is 16.2. The number of anilines is 1. The zero-order valence-corrected chi connectivity index (χ0v) is 16.4. The van der Waals surface area contributed by atoms with Gasteiger partial charge in [0.1, 0.15) is 0 Å². The van der Waals surface area contributed by atoms with Crippen LogP contribution in [0.3, 0.4) is 0 Å². The Morgan fingerprint density at radius 2 is 1.64 bits per heavy atom. The fourth-order valence-electron chi connectivity index (χ4n) is 4.07. The third kappa shape index (κ3) is 4.09. The molecule has 5 heteroatoms. The minimum Gasteiger partial charge on any atom is -0.340 e. The number of hydrogen-bond acceptors (Lipinski definition) is 3. The summed E-state index contributed by atoms with van der Waals surface area (Å²) in [7, 11) is 0. The lowest BCUT2D eigenvalue weighted by molar-refractivity contribution is -0.137. The third-order valence-corrected chi connectivity index (χ3v) is 5.75. The first-order chi connectivity index (χ1) is 13.6. The van der Waals surface area contributed by atoms with Gasteiger partial charge in [-0.25, -0.2) is 0 Å². The molecule has 2 amide bonds. The summed E-state index contributed by atoms with van der Waals surface area (Å²) >= 11 is 0. The number of hydrogen-bond donors (Lipinski definition) is 0. The number of benzene rings is 2. The number of piperazine rings is 1. The Balaban J connectivity index is 1.30. The molecule has 0 spiro atoms. The minimum absolute atomic E-state index is 0.0440. The quantitative estimate of drug-likeness (QED) is 0.823. The summed E-state index contributed by atoms with van der Waals surface area (Å²) in [4.78, 5) is 31.4. The van der Waals surface area contributed by atoms with Crippen LogP contribution in [0.4, 0.5) is 5.69 Å². The van der Waals surface area contributed by atoms with E-state index in [2.05, 4.69) is 36.1 Å². The summed E-state index contributed by atoms with van der Waals surface area (Å²) in [6.45, 7) is 6.74. The van der Waals surface area contributed by atoms with Crippen LogP contribution >= 0.6 is 0 Å². The summed E-state index contributed by atoms with van der Waals surface area (Å²) in [5.41, 5.74) is 3.46.